The number of primary amides is 1. The lowest BCUT2D eigenvalue weighted by atomic mass is 10.0. The normalized spacial score (nSPS) is 12.2. The molecule has 5 nitrogen and oxygen atoms in total. The quantitative estimate of drug-likeness (QED) is 0.876. The molecular weight excluding hydrogens is 260 g/mol. The minimum atomic E-state index is -0.313. The number of rotatable bonds is 5. The van der Waals surface area contributed by atoms with E-state index in [1.54, 1.807) is 11.3 Å². The molecule has 19 heavy (non-hydrogen) atoms. The van der Waals surface area contributed by atoms with Gasteiger partial charge in [-0.25, -0.2) is 4.98 Å². The van der Waals surface area contributed by atoms with Gasteiger partial charge in [-0.3, -0.25) is 9.20 Å². The van der Waals surface area contributed by atoms with Crippen molar-refractivity contribution in [2.24, 2.45) is 5.73 Å². The smallest absolute Gasteiger partial charge is 0.219 e. The molecule has 0 unspecified atom stereocenters. The number of carbonyl (C=O) groups excluding carboxylic acids is 1. The molecule has 0 saturated carbocycles. The lowest BCUT2D eigenvalue weighted by Gasteiger charge is -2.24. The number of aromatic nitrogens is 2. The molecule has 0 radical (unpaired) electrons. The third-order valence-electron chi connectivity index (χ3n) is 3.18. The van der Waals surface area contributed by atoms with Crippen LogP contribution in [0, 0.1) is 13.8 Å². The second-order valence-corrected chi connectivity index (χ2v) is 6.36. The predicted octanol–water partition coefficient (Wildman–Crippen LogP) is 1.76. The number of nitrogens with zero attached hydrogens (tertiary/aromatic N) is 2. The summed E-state index contributed by atoms with van der Waals surface area (Å²) < 4.78 is 2.16. The minimum absolute atomic E-state index is 0.292. The van der Waals surface area contributed by atoms with Crippen molar-refractivity contribution in [1.29, 1.82) is 0 Å². The van der Waals surface area contributed by atoms with Gasteiger partial charge in [0.05, 0.1) is 11.4 Å². The molecular formula is C13H20N4OS. The van der Waals surface area contributed by atoms with Crippen LogP contribution in [0.1, 0.15) is 37.4 Å². The van der Waals surface area contributed by atoms with Crippen LogP contribution in [-0.2, 0) is 11.3 Å². The highest BCUT2D eigenvalue weighted by atomic mass is 32.1. The first kappa shape index (κ1) is 14.0. The van der Waals surface area contributed by atoms with E-state index >= 15 is 0 Å². The van der Waals surface area contributed by atoms with Crippen LogP contribution in [0.25, 0.3) is 4.96 Å². The average molecular weight is 280 g/mol. The summed E-state index contributed by atoms with van der Waals surface area (Å²) in [6, 6.07) is 0. The Morgan fingerprint density at radius 2 is 2.21 bits per heavy atom. The highest BCUT2D eigenvalue weighted by Crippen LogP contribution is 2.21. The summed E-state index contributed by atoms with van der Waals surface area (Å²) in [6.07, 6.45) is 0.316. The third kappa shape index (κ3) is 2.96. The van der Waals surface area contributed by atoms with E-state index < -0.39 is 0 Å². The van der Waals surface area contributed by atoms with Crippen molar-refractivity contribution in [3.63, 3.8) is 0 Å². The average Bonchev–Trinajstić information content (AvgIpc) is 2.75. The first-order valence-corrected chi connectivity index (χ1v) is 7.13. The van der Waals surface area contributed by atoms with Gasteiger partial charge in [-0.2, -0.15) is 0 Å². The fourth-order valence-electron chi connectivity index (χ4n) is 2.20. The van der Waals surface area contributed by atoms with Crippen LogP contribution in [0.2, 0.25) is 0 Å². The number of amides is 1. The zero-order valence-corrected chi connectivity index (χ0v) is 12.6. The minimum Gasteiger partial charge on any atom is -0.370 e. The fourth-order valence-corrected chi connectivity index (χ4v) is 3.13. The van der Waals surface area contributed by atoms with Gasteiger partial charge in [0.2, 0.25) is 5.91 Å². The van der Waals surface area contributed by atoms with Gasteiger partial charge in [-0.1, -0.05) is 0 Å². The second kappa shape index (κ2) is 4.94. The van der Waals surface area contributed by atoms with Crippen LogP contribution in [-0.4, -0.2) is 20.8 Å². The maximum atomic E-state index is 11.0. The van der Waals surface area contributed by atoms with Crippen LogP contribution in [0.15, 0.2) is 5.38 Å². The molecule has 6 heteroatoms. The summed E-state index contributed by atoms with van der Waals surface area (Å²) in [5.41, 5.74) is 8.30. The van der Waals surface area contributed by atoms with E-state index in [9.17, 15) is 4.79 Å². The fraction of sp³-hybridized carbons (Fsp3) is 0.538. The molecule has 0 spiro atoms. The third-order valence-corrected chi connectivity index (χ3v) is 4.12. The second-order valence-electron chi connectivity index (χ2n) is 5.52. The largest absolute Gasteiger partial charge is 0.370 e. The molecule has 0 aliphatic heterocycles. The lowest BCUT2D eigenvalue weighted by Crippen LogP contribution is -2.42. The molecule has 0 bridgehead atoms. The predicted molar refractivity (Wildman–Crippen MR) is 77.3 cm³/mol. The highest BCUT2D eigenvalue weighted by molar-refractivity contribution is 7.15. The van der Waals surface area contributed by atoms with Crippen LogP contribution in [0.3, 0.4) is 0 Å². The maximum absolute atomic E-state index is 11.0. The number of carbonyl (C=O) groups is 1. The van der Waals surface area contributed by atoms with Crippen LogP contribution in [0.5, 0.6) is 0 Å². The molecule has 3 N–H and O–H groups in total. The first-order valence-electron chi connectivity index (χ1n) is 6.25. The van der Waals surface area contributed by atoms with Gasteiger partial charge in [0.1, 0.15) is 0 Å². The van der Waals surface area contributed by atoms with Crippen molar-refractivity contribution >= 4 is 22.2 Å². The zero-order valence-electron chi connectivity index (χ0n) is 11.8. The van der Waals surface area contributed by atoms with Crippen LogP contribution < -0.4 is 11.1 Å². The van der Waals surface area contributed by atoms with Crippen molar-refractivity contribution < 1.29 is 4.79 Å². The molecule has 0 aliphatic rings. The van der Waals surface area contributed by atoms with Crippen LogP contribution >= 0.6 is 11.3 Å². The molecule has 2 aromatic heterocycles. The maximum Gasteiger partial charge on any atom is 0.219 e. The van der Waals surface area contributed by atoms with Crippen LogP contribution in [0.4, 0.5) is 0 Å². The van der Waals surface area contributed by atoms with Gasteiger partial charge in [0.15, 0.2) is 4.96 Å². The van der Waals surface area contributed by atoms with E-state index in [-0.39, 0.29) is 11.4 Å². The molecule has 2 heterocycles. The Morgan fingerprint density at radius 3 is 2.84 bits per heavy atom. The first-order chi connectivity index (χ1) is 8.80. The lowest BCUT2D eigenvalue weighted by molar-refractivity contribution is -0.119. The number of nitrogens with two attached hydrogens (primary N) is 1. The van der Waals surface area contributed by atoms with E-state index in [4.69, 9.17) is 5.73 Å². The number of hydrogen-bond donors (Lipinski definition) is 2. The van der Waals surface area contributed by atoms with Gasteiger partial charge in [0.25, 0.3) is 0 Å². The standard InChI is InChI=1S/C13H20N4OS/c1-8-7-19-12-16-9(2)10(17(8)12)6-15-13(3,4)5-11(14)18/h7,15H,5-6H2,1-4H3,(H2,14,18). The summed E-state index contributed by atoms with van der Waals surface area (Å²) in [7, 11) is 0. The van der Waals surface area contributed by atoms with Crippen molar-refractivity contribution in [1.82, 2.24) is 14.7 Å². The molecule has 0 saturated heterocycles. The Bertz CT molecular complexity index is 611. The summed E-state index contributed by atoms with van der Waals surface area (Å²) in [5.74, 6) is -0.292. The van der Waals surface area contributed by atoms with Gasteiger partial charge < -0.3 is 11.1 Å². The van der Waals surface area contributed by atoms with E-state index in [1.165, 1.54) is 5.69 Å². The molecule has 1 amide bonds. The molecule has 0 fully saturated rings. The van der Waals surface area contributed by atoms with Gasteiger partial charge in [-0.15, -0.1) is 11.3 Å². The van der Waals surface area contributed by atoms with Gasteiger partial charge in [-0.05, 0) is 27.7 Å². The molecule has 0 aliphatic carbocycles. The SMILES string of the molecule is Cc1nc2scc(C)n2c1CNC(C)(C)CC(N)=O. The van der Waals surface area contributed by atoms with Crippen molar-refractivity contribution in [3.05, 3.63) is 22.5 Å². The van der Waals surface area contributed by atoms with Crippen molar-refractivity contribution in [3.8, 4) is 0 Å². The number of thiazole rings is 1. The molecule has 2 aromatic rings. The summed E-state index contributed by atoms with van der Waals surface area (Å²) in [5, 5.41) is 5.48. The summed E-state index contributed by atoms with van der Waals surface area (Å²) in [4.78, 5) is 16.6. The Labute approximate surface area is 116 Å². The number of aryl methyl sites for hydroxylation is 2. The van der Waals surface area contributed by atoms with E-state index in [0.29, 0.717) is 13.0 Å². The highest BCUT2D eigenvalue weighted by Gasteiger charge is 2.21. The van der Waals surface area contributed by atoms with Crippen molar-refractivity contribution in [2.45, 2.75) is 46.2 Å². The van der Waals surface area contributed by atoms with Gasteiger partial charge >= 0.3 is 0 Å². The molecule has 104 valence electrons. The Morgan fingerprint density at radius 1 is 1.53 bits per heavy atom. The Balaban J connectivity index is 2.19. The molecule has 0 atom stereocenters. The molecule has 2 rings (SSSR count). The Hall–Kier alpha value is -1.40. The van der Waals surface area contributed by atoms with E-state index in [1.807, 2.05) is 20.8 Å². The van der Waals surface area contributed by atoms with E-state index in [0.717, 1.165) is 16.3 Å². The summed E-state index contributed by atoms with van der Waals surface area (Å²) in [6.45, 7) is 8.71. The number of nitrogens with one attached hydrogen (secondary N) is 1. The van der Waals surface area contributed by atoms with E-state index in [2.05, 4.69) is 27.0 Å². The number of imidazole rings is 1. The number of fused-ring (bicyclic) bond motifs is 1. The van der Waals surface area contributed by atoms with Gasteiger partial charge in [0, 0.05) is 29.6 Å². The Kier molecular flexibility index (Phi) is 3.64. The number of hydrogen-bond acceptors (Lipinski definition) is 4. The molecule has 0 aromatic carbocycles. The monoisotopic (exact) mass is 280 g/mol. The topological polar surface area (TPSA) is 72.4 Å². The zero-order chi connectivity index (χ0) is 14.2. The van der Waals surface area contributed by atoms with Crippen molar-refractivity contribution in [2.75, 3.05) is 0 Å². The summed E-state index contributed by atoms with van der Waals surface area (Å²) >= 11 is 1.64.